The molecule has 1 saturated heterocycles. The molecule has 0 aromatic carbocycles. The van der Waals surface area contributed by atoms with Crippen molar-refractivity contribution in [3.63, 3.8) is 0 Å². The first-order valence-corrected chi connectivity index (χ1v) is 5.39. The number of ether oxygens (including phenoxy) is 1. The van der Waals surface area contributed by atoms with Crippen LogP contribution in [0.2, 0.25) is 0 Å². The molecule has 0 spiro atoms. The lowest BCUT2D eigenvalue weighted by Gasteiger charge is -2.34. The van der Waals surface area contributed by atoms with Crippen molar-refractivity contribution >= 4 is 0 Å². The molecule has 1 aliphatic rings. The molecule has 0 saturated carbocycles. The van der Waals surface area contributed by atoms with Crippen LogP contribution in [0.15, 0.2) is 0 Å². The van der Waals surface area contributed by atoms with E-state index >= 15 is 0 Å². The first kappa shape index (κ1) is 13.7. The Bertz CT molecular complexity index is 211. The van der Waals surface area contributed by atoms with Gasteiger partial charge in [0.2, 0.25) is 0 Å². The quantitative estimate of drug-likeness (QED) is 0.804. The fraction of sp³-hybridized carbons (Fsp3) is 1.00. The van der Waals surface area contributed by atoms with Crippen molar-refractivity contribution < 1.29 is 23.0 Å². The van der Waals surface area contributed by atoms with Crippen LogP contribution < -0.4 is 0 Å². The molecular weight excluding hydrogens is 223 g/mol. The van der Waals surface area contributed by atoms with Crippen LogP contribution in [0.4, 0.5) is 13.2 Å². The summed E-state index contributed by atoms with van der Waals surface area (Å²) in [6.45, 7) is 1.02. The molecule has 1 fully saturated rings. The average Bonchev–Trinajstić information content (AvgIpc) is 2.17. The number of hydrogen-bond donors (Lipinski definition) is 1. The predicted octanol–water partition coefficient (Wildman–Crippen LogP) is 1.27. The van der Waals surface area contributed by atoms with E-state index in [4.69, 9.17) is 4.74 Å². The average molecular weight is 241 g/mol. The Labute approximate surface area is 93.2 Å². The van der Waals surface area contributed by atoms with E-state index in [0.717, 1.165) is 0 Å². The minimum atomic E-state index is -4.12. The van der Waals surface area contributed by atoms with Gasteiger partial charge in [0.05, 0.1) is 18.6 Å². The summed E-state index contributed by atoms with van der Waals surface area (Å²) >= 11 is 0. The Morgan fingerprint density at radius 1 is 1.50 bits per heavy atom. The van der Waals surface area contributed by atoms with Gasteiger partial charge in [-0.05, 0) is 19.4 Å². The van der Waals surface area contributed by atoms with Gasteiger partial charge in [-0.15, -0.1) is 0 Å². The van der Waals surface area contributed by atoms with Gasteiger partial charge >= 0.3 is 6.18 Å². The van der Waals surface area contributed by atoms with Crippen molar-refractivity contribution in [1.29, 1.82) is 0 Å². The summed E-state index contributed by atoms with van der Waals surface area (Å²) in [7, 11) is 1.46. The highest BCUT2D eigenvalue weighted by atomic mass is 19.4. The van der Waals surface area contributed by atoms with Crippen molar-refractivity contribution in [2.24, 2.45) is 5.92 Å². The maximum absolute atomic E-state index is 12.5. The summed E-state index contributed by atoms with van der Waals surface area (Å²) in [5.74, 6) is -1.25. The molecule has 1 rings (SSSR count). The molecule has 1 aliphatic heterocycles. The third-order valence-electron chi connectivity index (χ3n) is 2.80. The molecule has 6 heteroatoms. The van der Waals surface area contributed by atoms with Crippen LogP contribution in [0, 0.1) is 5.92 Å². The van der Waals surface area contributed by atoms with Crippen LogP contribution in [-0.2, 0) is 4.74 Å². The number of rotatable bonds is 4. The number of aliphatic hydroxyl groups excluding tert-OH is 1. The van der Waals surface area contributed by atoms with E-state index < -0.39 is 18.2 Å². The zero-order chi connectivity index (χ0) is 12.2. The van der Waals surface area contributed by atoms with E-state index in [1.54, 1.807) is 4.90 Å². The monoisotopic (exact) mass is 241 g/mol. The molecule has 0 amide bonds. The second-order valence-electron chi connectivity index (χ2n) is 4.25. The fourth-order valence-electron chi connectivity index (χ4n) is 2.03. The number of halogens is 3. The third-order valence-corrected chi connectivity index (χ3v) is 2.80. The molecular formula is C10H18F3NO2. The van der Waals surface area contributed by atoms with Gasteiger partial charge in [-0.2, -0.15) is 13.2 Å². The number of hydrogen-bond acceptors (Lipinski definition) is 3. The van der Waals surface area contributed by atoms with Crippen LogP contribution in [0.1, 0.15) is 12.8 Å². The van der Waals surface area contributed by atoms with Gasteiger partial charge in [0.1, 0.15) is 0 Å². The first-order valence-electron chi connectivity index (χ1n) is 5.39. The summed E-state index contributed by atoms with van der Waals surface area (Å²) in [6.07, 6.45) is -4.10. The van der Waals surface area contributed by atoms with Gasteiger partial charge in [0, 0.05) is 20.2 Å². The molecule has 96 valence electrons. The number of alkyl halides is 3. The zero-order valence-corrected chi connectivity index (χ0v) is 9.33. The van der Waals surface area contributed by atoms with Gasteiger partial charge in [-0.25, -0.2) is 0 Å². The predicted molar refractivity (Wildman–Crippen MR) is 53.1 cm³/mol. The SMILES string of the molecule is COCC(O)CN1CCCC(C(F)(F)F)C1. The van der Waals surface area contributed by atoms with Crippen molar-refractivity contribution in [1.82, 2.24) is 4.90 Å². The van der Waals surface area contributed by atoms with E-state index in [1.807, 2.05) is 0 Å². The highest BCUT2D eigenvalue weighted by Gasteiger charge is 2.41. The van der Waals surface area contributed by atoms with Crippen LogP contribution in [-0.4, -0.2) is 55.6 Å². The minimum Gasteiger partial charge on any atom is -0.389 e. The number of piperidine rings is 1. The molecule has 3 nitrogen and oxygen atoms in total. The van der Waals surface area contributed by atoms with Crippen LogP contribution in [0.5, 0.6) is 0 Å². The summed E-state index contributed by atoms with van der Waals surface area (Å²) in [5, 5.41) is 9.44. The van der Waals surface area contributed by atoms with Crippen molar-refractivity contribution in [3.8, 4) is 0 Å². The van der Waals surface area contributed by atoms with E-state index in [1.165, 1.54) is 7.11 Å². The van der Waals surface area contributed by atoms with Gasteiger partial charge in [0.25, 0.3) is 0 Å². The van der Waals surface area contributed by atoms with Gasteiger partial charge in [-0.1, -0.05) is 0 Å². The second-order valence-corrected chi connectivity index (χ2v) is 4.25. The smallest absolute Gasteiger partial charge is 0.389 e. The molecule has 0 aliphatic carbocycles. The normalized spacial score (nSPS) is 25.7. The maximum atomic E-state index is 12.5. The van der Waals surface area contributed by atoms with Crippen LogP contribution in [0.3, 0.4) is 0 Å². The number of β-amino-alcohol motifs (C(OH)–C–C–N with tert-alkyl or cyclic N) is 1. The van der Waals surface area contributed by atoms with Crippen LogP contribution >= 0.6 is 0 Å². The number of methoxy groups -OCH3 is 1. The van der Waals surface area contributed by atoms with E-state index in [0.29, 0.717) is 13.0 Å². The third kappa shape index (κ3) is 4.27. The molecule has 1 heterocycles. The zero-order valence-electron chi connectivity index (χ0n) is 9.33. The number of nitrogens with zero attached hydrogens (tertiary/aromatic N) is 1. The van der Waals surface area contributed by atoms with Gasteiger partial charge in [0.15, 0.2) is 0 Å². The largest absolute Gasteiger partial charge is 0.393 e. The lowest BCUT2D eigenvalue weighted by atomic mass is 9.97. The minimum absolute atomic E-state index is 0.00965. The second kappa shape index (κ2) is 5.84. The molecule has 1 N–H and O–H groups in total. The molecule has 2 atom stereocenters. The Morgan fingerprint density at radius 3 is 2.75 bits per heavy atom. The Balaban J connectivity index is 2.39. The molecule has 0 radical (unpaired) electrons. The highest BCUT2D eigenvalue weighted by molar-refractivity contribution is 4.79. The Kier molecular flexibility index (Phi) is 5.01. The summed E-state index contributed by atoms with van der Waals surface area (Å²) in [4.78, 5) is 1.66. The topological polar surface area (TPSA) is 32.7 Å². The molecule has 16 heavy (non-hydrogen) atoms. The van der Waals surface area contributed by atoms with E-state index in [2.05, 4.69) is 0 Å². The summed E-state index contributed by atoms with van der Waals surface area (Å²) in [5.41, 5.74) is 0. The molecule has 0 aromatic heterocycles. The summed E-state index contributed by atoms with van der Waals surface area (Å²) in [6, 6.07) is 0. The maximum Gasteiger partial charge on any atom is 0.393 e. The fourth-order valence-corrected chi connectivity index (χ4v) is 2.03. The first-order chi connectivity index (χ1) is 7.43. The van der Waals surface area contributed by atoms with Crippen molar-refractivity contribution in [3.05, 3.63) is 0 Å². The highest BCUT2D eigenvalue weighted by Crippen LogP contribution is 2.32. The van der Waals surface area contributed by atoms with Crippen LogP contribution in [0.25, 0.3) is 0 Å². The standard InChI is InChI=1S/C10H18F3NO2/c1-16-7-9(15)6-14-4-2-3-8(5-14)10(11,12)13/h8-9,15H,2-7H2,1H3. The van der Waals surface area contributed by atoms with Crippen molar-refractivity contribution in [2.45, 2.75) is 25.1 Å². The molecule has 0 aromatic rings. The Hall–Kier alpha value is -0.330. The van der Waals surface area contributed by atoms with Gasteiger partial charge < -0.3 is 14.7 Å². The molecule has 2 unspecified atom stereocenters. The molecule has 0 bridgehead atoms. The number of likely N-dealkylation sites (tertiary alicyclic amines) is 1. The lowest BCUT2D eigenvalue weighted by Crippen LogP contribution is -2.45. The lowest BCUT2D eigenvalue weighted by molar-refractivity contribution is -0.187. The van der Waals surface area contributed by atoms with E-state index in [9.17, 15) is 18.3 Å². The Morgan fingerprint density at radius 2 is 2.19 bits per heavy atom. The number of aliphatic hydroxyl groups is 1. The summed E-state index contributed by atoms with van der Waals surface area (Å²) < 4.78 is 42.2. The van der Waals surface area contributed by atoms with Gasteiger partial charge in [-0.3, -0.25) is 0 Å². The van der Waals surface area contributed by atoms with Crippen molar-refractivity contribution in [2.75, 3.05) is 33.4 Å². The van der Waals surface area contributed by atoms with E-state index in [-0.39, 0.29) is 26.1 Å².